The second-order valence-corrected chi connectivity index (χ2v) is 6.74. The molecule has 0 N–H and O–H groups in total. The van der Waals surface area contributed by atoms with Gasteiger partial charge in [-0.3, -0.25) is 9.69 Å². The van der Waals surface area contributed by atoms with Gasteiger partial charge in [0.1, 0.15) is 5.70 Å². The van der Waals surface area contributed by atoms with Gasteiger partial charge >= 0.3 is 24.3 Å². The third-order valence-electron chi connectivity index (χ3n) is 4.42. The van der Waals surface area contributed by atoms with E-state index in [2.05, 4.69) is 9.47 Å². The molecule has 1 aromatic rings. The van der Waals surface area contributed by atoms with E-state index >= 15 is 0 Å². The van der Waals surface area contributed by atoms with Gasteiger partial charge in [0.25, 0.3) is 0 Å². The molecular weight excluding hydrogens is 424 g/mol. The molecule has 0 saturated heterocycles. The van der Waals surface area contributed by atoms with Gasteiger partial charge in [-0.05, 0) is 32.0 Å². The molecule has 2 rings (SSSR count). The number of anilines is 1. The minimum Gasteiger partial charge on any atom is -0.466 e. The fraction of sp³-hybridized carbons (Fsp3) is 0.389. The van der Waals surface area contributed by atoms with Gasteiger partial charge in [0, 0.05) is 0 Å². The van der Waals surface area contributed by atoms with Crippen LogP contribution in [0.2, 0.25) is 0 Å². The number of carbonyl (C=O) groups excluding carboxylic acids is 3. The van der Waals surface area contributed by atoms with Gasteiger partial charge in [-0.2, -0.15) is 26.3 Å². The second-order valence-electron chi connectivity index (χ2n) is 6.74. The van der Waals surface area contributed by atoms with Crippen molar-refractivity contribution >= 4 is 23.5 Å². The minimum absolute atomic E-state index is 0.127. The highest BCUT2D eigenvalue weighted by atomic mass is 19.4. The van der Waals surface area contributed by atoms with Crippen LogP contribution >= 0.6 is 0 Å². The summed E-state index contributed by atoms with van der Waals surface area (Å²) in [4.78, 5) is 37.7. The van der Waals surface area contributed by atoms with Gasteiger partial charge in [-0.25, -0.2) is 9.59 Å². The van der Waals surface area contributed by atoms with Crippen LogP contribution in [-0.2, 0) is 36.2 Å². The zero-order valence-electron chi connectivity index (χ0n) is 16.0. The average molecular weight is 439 g/mol. The van der Waals surface area contributed by atoms with E-state index in [0.29, 0.717) is 4.90 Å². The summed E-state index contributed by atoms with van der Waals surface area (Å²) < 4.78 is 88.3. The van der Waals surface area contributed by atoms with Crippen molar-refractivity contribution in [3.05, 3.63) is 40.6 Å². The van der Waals surface area contributed by atoms with Crippen molar-refractivity contribution in [3.8, 4) is 0 Å². The maximum absolute atomic E-state index is 13.2. The second kappa shape index (κ2) is 7.33. The first-order valence-electron chi connectivity index (χ1n) is 8.12. The largest absolute Gasteiger partial charge is 0.466 e. The summed E-state index contributed by atoms with van der Waals surface area (Å²) in [6.07, 6.45) is -10.4. The van der Waals surface area contributed by atoms with Crippen LogP contribution in [0.25, 0.3) is 0 Å². The van der Waals surface area contributed by atoms with E-state index in [0.717, 1.165) is 14.2 Å². The Morgan fingerprint density at radius 2 is 1.30 bits per heavy atom. The molecule has 0 radical (unpaired) electrons. The minimum atomic E-state index is -5.19. The number of benzene rings is 1. The first kappa shape index (κ1) is 23.2. The number of nitrogens with zero attached hydrogens (tertiary/aromatic N) is 1. The van der Waals surface area contributed by atoms with E-state index < -0.39 is 63.7 Å². The number of esters is 2. The maximum atomic E-state index is 13.2. The third kappa shape index (κ3) is 3.85. The SMILES string of the molecule is COC(=O)C1=C(C(=O)OC)C(C)(C)C(=O)N1c1cc(C(F)(F)F)cc(C(F)(F)F)c1. The average Bonchev–Trinajstić information content (AvgIpc) is 2.85. The predicted octanol–water partition coefficient (Wildman–Crippen LogP) is 3.70. The van der Waals surface area contributed by atoms with Crippen LogP contribution in [0.3, 0.4) is 0 Å². The molecule has 0 bridgehead atoms. The van der Waals surface area contributed by atoms with Crippen molar-refractivity contribution in [1.82, 2.24) is 0 Å². The number of halogens is 6. The maximum Gasteiger partial charge on any atom is 0.416 e. The van der Waals surface area contributed by atoms with Crippen LogP contribution in [0.1, 0.15) is 25.0 Å². The molecule has 0 aromatic heterocycles. The summed E-state index contributed by atoms with van der Waals surface area (Å²) in [5.41, 5.74) is -7.50. The van der Waals surface area contributed by atoms with Gasteiger partial charge in [0.05, 0.1) is 42.0 Å². The number of alkyl halides is 6. The Hall–Kier alpha value is -3.05. The number of carbonyl (C=O) groups is 3. The molecule has 0 fully saturated rings. The molecule has 30 heavy (non-hydrogen) atoms. The Kier molecular flexibility index (Phi) is 5.67. The van der Waals surface area contributed by atoms with E-state index in [4.69, 9.17) is 0 Å². The zero-order valence-corrected chi connectivity index (χ0v) is 16.0. The van der Waals surface area contributed by atoms with Gasteiger partial charge in [-0.1, -0.05) is 0 Å². The lowest BCUT2D eigenvalue weighted by Crippen LogP contribution is -2.35. The monoisotopic (exact) mass is 439 g/mol. The number of methoxy groups -OCH3 is 2. The number of hydrogen-bond acceptors (Lipinski definition) is 5. The van der Waals surface area contributed by atoms with E-state index in [-0.39, 0.29) is 18.2 Å². The lowest BCUT2D eigenvalue weighted by Gasteiger charge is -2.24. The summed E-state index contributed by atoms with van der Waals surface area (Å²) in [5.74, 6) is -3.60. The van der Waals surface area contributed by atoms with Crippen molar-refractivity contribution in [2.75, 3.05) is 19.1 Å². The molecule has 1 amide bonds. The molecule has 0 aliphatic carbocycles. The summed E-state index contributed by atoms with van der Waals surface area (Å²) in [7, 11) is 1.80. The van der Waals surface area contributed by atoms with Gasteiger partial charge in [0.2, 0.25) is 5.91 Å². The van der Waals surface area contributed by atoms with Crippen LogP contribution in [0.4, 0.5) is 32.0 Å². The Morgan fingerprint density at radius 1 is 0.867 bits per heavy atom. The normalized spacial score (nSPS) is 16.7. The number of hydrogen-bond donors (Lipinski definition) is 0. The van der Waals surface area contributed by atoms with Crippen molar-refractivity contribution in [1.29, 1.82) is 0 Å². The molecular formula is C18H15F6NO5. The summed E-state index contributed by atoms with van der Waals surface area (Å²) in [6.45, 7) is 2.34. The van der Waals surface area contributed by atoms with E-state index in [9.17, 15) is 40.7 Å². The smallest absolute Gasteiger partial charge is 0.416 e. The van der Waals surface area contributed by atoms with Crippen molar-refractivity contribution in [2.24, 2.45) is 5.41 Å². The molecule has 0 unspecified atom stereocenters. The molecule has 1 aliphatic rings. The summed E-state index contributed by atoms with van der Waals surface area (Å²) in [6, 6.07) is 0.413. The van der Waals surface area contributed by atoms with Crippen molar-refractivity contribution in [3.63, 3.8) is 0 Å². The lowest BCUT2D eigenvalue weighted by molar-refractivity contribution is -0.143. The van der Waals surface area contributed by atoms with Crippen LogP contribution in [-0.4, -0.2) is 32.1 Å². The summed E-state index contributed by atoms with van der Waals surface area (Å²) >= 11 is 0. The van der Waals surface area contributed by atoms with E-state index in [1.165, 1.54) is 13.8 Å². The highest BCUT2D eigenvalue weighted by Crippen LogP contribution is 2.46. The quantitative estimate of drug-likeness (QED) is 0.531. The first-order valence-corrected chi connectivity index (χ1v) is 8.12. The van der Waals surface area contributed by atoms with Crippen molar-refractivity contribution in [2.45, 2.75) is 26.2 Å². The Labute approximate surface area is 166 Å². The lowest BCUT2D eigenvalue weighted by atomic mass is 9.85. The molecule has 12 heteroatoms. The van der Waals surface area contributed by atoms with E-state index in [1.807, 2.05) is 0 Å². The Balaban J connectivity index is 2.90. The molecule has 0 saturated carbocycles. The predicted molar refractivity (Wildman–Crippen MR) is 88.8 cm³/mol. The molecule has 164 valence electrons. The molecule has 6 nitrogen and oxygen atoms in total. The summed E-state index contributed by atoms with van der Waals surface area (Å²) in [5, 5.41) is 0. The highest BCUT2D eigenvalue weighted by Gasteiger charge is 2.53. The van der Waals surface area contributed by atoms with Crippen LogP contribution in [0.5, 0.6) is 0 Å². The Morgan fingerprint density at radius 3 is 1.67 bits per heavy atom. The molecule has 0 atom stereocenters. The van der Waals surface area contributed by atoms with Gasteiger partial charge in [0.15, 0.2) is 0 Å². The standard InChI is InChI=1S/C18H15F6NO5/c1-16(2)11(13(26)29-3)12(14(27)30-4)25(15(16)28)10-6-8(17(19,20)21)5-9(7-10)18(22,23)24/h5-7H,1-4H3. The third-order valence-corrected chi connectivity index (χ3v) is 4.42. The molecule has 1 heterocycles. The van der Waals surface area contributed by atoms with E-state index in [1.54, 1.807) is 0 Å². The number of ether oxygens (including phenoxy) is 2. The Bertz CT molecular complexity index is 913. The zero-order chi connectivity index (χ0) is 23.2. The fourth-order valence-electron chi connectivity index (χ4n) is 2.95. The number of amides is 1. The van der Waals surface area contributed by atoms with Gasteiger partial charge in [-0.15, -0.1) is 0 Å². The molecule has 1 aliphatic heterocycles. The topological polar surface area (TPSA) is 72.9 Å². The van der Waals surface area contributed by atoms with Crippen molar-refractivity contribution < 1.29 is 50.2 Å². The van der Waals surface area contributed by atoms with Crippen LogP contribution in [0, 0.1) is 5.41 Å². The first-order chi connectivity index (χ1) is 13.6. The molecule has 0 spiro atoms. The van der Waals surface area contributed by atoms with Crippen LogP contribution in [0.15, 0.2) is 29.5 Å². The fourth-order valence-corrected chi connectivity index (χ4v) is 2.95. The highest BCUT2D eigenvalue weighted by molar-refractivity contribution is 6.20. The number of rotatable bonds is 3. The van der Waals surface area contributed by atoms with Crippen LogP contribution < -0.4 is 4.90 Å². The van der Waals surface area contributed by atoms with Gasteiger partial charge < -0.3 is 9.47 Å². The molecule has 1 aromatic carbocycles.